The van der Waals surface area contributed by atoms with Crippen LogP contribution in [0.3, 0.4) is 0 Å². The van der Waals surface area contributed by atoms with Crippen LogP contribution in [0, 0.1) is 6.92 Å². The molecule has 0 saturated heterocycles. The van der Waals surface area contributed by atoms with Gasteiger partial charge < -0.3 is 5.10 Å². The van der Waals surface area contributed by atoms with Crippen molar-refractivity contribution in [3.05, 3.63) is 40.4 Å². The lowest BCUT2D eigenvalue weighted by molar-refractivity contribution is 1.02. The van der Waals surface area contributed by atoms with Gasteiger partial charge in [0.15, 0.2) is 11.5 Å². The first-order valence-corrected chi connectivity index (χ1v) is 4.37. The van der Waals surface area contributed by atoms with Crippen LogP contribution in [-0.4, -0.2) is 15.2 Å². The van der Waals surface area contributed by atoms with Crippen LogP contribution < -0.4 is 5.56 Å². The molecule has 0 unspecified atom stereocenters. The van der Waals surface area contributed by atoms with Gasteiger partial charge in [0.1, 0.15) is 0 Å². The highest BCUT2D eigenvalue weighted by molar-refractivity contribution is 5.38. The highest BCUT2D eigenvalue weighted by Crippen LogP contribution is 2.13. The zero-order valence-electron chi connectivity index (χ0n) is 8.06. The molecule has 2 aromatic rings. The van der Waals surface area contributed by atoms with E-state index in [2.05, 4.69) is 25.4 Å². The molecule has 0 aliphatic carbocycles. The summed E-state index contributed by atoms with van der Waals surface area (Å²) in [5, 5.41) is 12.7. The summed E-state index contributed by atoms with van der Waals surface area (Å²) in [6, 6.07) is 5.29. The quantitative estimate of drug-likeness (QED) is 0.729. The third-order valence-corrected chi connectivity index (χ3v) is 1.84. The lowest BCUT2D eigenvalue weighted by atomic mass is 10.4. The van der Waals surface area contributed by atoms with Gasteiger partial charge in [-0.05, 0) is 19.1 Å². The van der Waals surface area contributed by atoms with Crippen LogP contribution >= 0.6 is 0 Å². The molecule has 0 radical (unpaired) electrons. The van der Waals surface area contributed by atoms with Crippen molar-refractivity contribution in [1.82, 2.24) is 15.2 Å². The van der Waals surface area contributed by atoms with E-state index in [4.69, 9.17) is 0 Å². The fourth-order valence-electron chi connectivity index (χ4n) is 1.07. The van der Waals surface area contributed by atoms with E-state index in [1.807, 2.05) is 0 Å². The fourth-order valence-corrected chi connectivity index (χ4v) is 1.07. The zero-order valence-corrected chi connectivity index (χ0v) is 8.06. The van der Waals surface area contributed by atoms with E-state index in [0.717, 1.165) is 0 Å². The Morgan fingerprint density at radius 2 is 2.13 bits per heavy atom. The number of rotatable bonds is 2. The van der Waals surface area contributed by atoms with Crippen molar-refractivity contribution < 1.29 is 0 Å². The summed E-state index contributed by atoms with van der Waals surface area (Å²) < 4.78 is 0. The molecule has 0 aromatic carbocycles. The maximum absolute atomic E-state index is 11.2. The molecule has 0 bridgehead atoms. The molecular weight excluding hydrogens is 194 g/mol. The number of aryl methyl sites for hydroxylation is 1. The SMILES string of the molecule is Cc1[nH][nH]c(=O)c1N=Nc1ccccn1. The van der Waals surface area contributed by atoms with Crippen molar-refractivity contribution in [2.75, 3.05) is 0 Å². The average Bonchev–Trinajstić information content (AvgIpc) is 2.58. The Labute approximate surface area is 85.1 Å². The first kappa shape index (κ1) is 9.32. The first-order valence-electron chi connectivity index (χ1n) is 4.37. The Bertz CT molecular complexity index is 525. The molecule has 0 atom stereocenters. The molecule has 15 heavy (non-hydrogen) atoms. The molecule has 0 fully saturated rings. The van der Waals surface area contributed by atoms with E-state index in [9.17, 15) is 4.79 Å². The van der Waals surface area contributed by atoms with Crippen LogP contribution in [-0.2, 0) is 0 Å². The van der Waals surface area contributed by atoms with Crippen molar-refractivity contribution in [3.63, 3.8) is 0 Å². The minimum Gasteiger partial charge on any atom is -0.300 e. The number of hydrogen-bond acceptors (Lipinski definition) is 4. The second-order valence-electron chi connectivity index (χ2n) is 2.94. The van der Waals surface area contributed by atoms with Gasteiger partial charge in [0.25, 0.3) is 5.56 Å². The maximum Gasteiger partial charge on any atom is 0.291 e. The van der Waals surface area contributed by atoms with Crippen molar-refractivity contribution in [2.45, 2.75) is 6.92 Å². The van der Waals surface area contributed by atoms with Crippen LogP contribution in [0.15, 0.2) is 39.4 Å². The van der Waals surface area contributed by atoms with Crippen molar-refractivity contribution in [1.29, 1.82) is 0 Å². The second kappa shape index (κ2) is 3.87. The smallest absolute Gasteiger partial charge is 0.291 e. The van der Waals surface area contributed by atoms with Crippen LogP contribution in [0.1, 0.15) is 5.69 Å². The van der Waals surface area contributed by atoms with Crippen LogP contribution in [0.5, 0.6) is 0 Å². The van der Waals surface area contributed by atoms with E-state index in [-0.39, 0.29) is 11.2 Å². The second-order valence-corrected chi connectivity index (χ2v) is 2.94. The maximum atomic E-state index is 11.2. The summed E-state index contributed by atoms with van der Waals surface area (Å²) in [5.41, 5.74) is 0.646. The molecule has 76 valence electrons. The monoisotopic (exact) mass is 203 g/mol. The molecule has 2 N–H and O–H groups in total. The summed E-state index contributed by atoms with van der Waals surface area (Å²) in [5.74, 6) is 0.470. The van der Waals surface area contributed by atoms with Crippen molar-refractivity contribution in [2.24, 2.45) is 10.2 Å². The van der Waals surface area contributed by atoms with Crippen LogP contribution in [0.4, 0.5) is 11.5 Å². The third kappa shape index (κ3) is 1.98. The number of nitrogens with zero attached hydrogens (tertiary/aromatic N) is 3. The van der Waals surface area contributed by atoms with Gasteiger partial charge in [0, 0.05) is 6.20 Å². The number of azo groups is 1. The topological polar surface area (TPSA) is 86.3 Å². The van der Waals surface area contributed by atoms with Crippen molar-refractivity contribution >= 4 is 11.5 Å². The molecule has 2 aromatic heterocycles. The Morgan fingerprint density at radius 1 is 1.27 bits per heavy atom. The summed E-state index contributed by atoms with van der Waals surface area (Å²) >= 11 is 0. The van der Waals surface area contributed by atoms with E-state index >= 15 is 0 Å². The molecule has 0 aliphatic heterocycles. The molecule has 6 nitrogen and oxygen atoms in total. The predicted octanol–water partition coefficient (Wildman–Crippen LogP) is 1.82. The summed E-state index contributed by atoms with van der Waals surface area (Å²) in [6.45, 7) is 1.74. The van der Waals surface area contributed by atoms with Gasteiger partial charge in [0.2, 0.25) is 0 Å². The van der Waals surface area contributed by atoms with E-state index in [0.29, 0.717) is 11.5 Å². The van der Waals surface area contributed by atoms with E-state index in [1.54, 1.807) is 31.3 Å². The van der Waals surface area contributed by atoms with Gasteiger partial charge >= 0.3 is 0 Å². The zero-order chi connectivity index (χ0) is 10.7. The third-order valence-electron chi connectivity index (χ3n) is 1.84. The molecular formula is C9H9N5O. The summed E-state index contributed by atoms with van der Waals surface area (Å²) in [7, 11) is 0. The fraction of sp³-hybridized carbons (Fsp3) is 0.111. The van der Waals surface area contributed by atoms with Gasteiger partial charge in [-0.3, -0.25) is 9.89 Å². The molecule has 0 spiro atoms. The molecule has 0 saturated carbocycles. The lowest BCUT2D eigenvalue weighted by Crippen LogP contribution is -1.96. The Morgan fingerprint density at radius 3 is 2.73 bits per heavy atom. The van der Waals surface area contributed by atoms with Crippen LogP contribution in [0.25, 0.3) is 0 Å². The number of nitrogens with one attached hydrogen (secondary N) is 2. The Balaban J connectivity index is 2.30. The summed E-state index contributed by atoms with van der Waals surface area (Å²) in [6.07, 6.45) is 1.61. The summed E-state index contributed by atoms with van der Waals surface area (Å²) in [4.78, 5) is 15.2. The number of H-pyrrole nitrogens is 2. The normalized spacial score (nSPS) is 11.0. The largest absolute Gasteiger partial charge is 0.300 e. The standard InChI is InChI=1S/C9H9N5O/c1-6-8(9(15)14-11-6)13-12-7-4-2-3-5-10-7/h2-5H,1H3,(H2,11,14,15). The van der Waals surface area contributed by atoms with Gasteiger partial charge in [0.05, 0.1) is 5.69 Å². The lowest BCUT2D eigenvalue weighted by Gasteiger charge is -1.88. The predicted molar refractivity (Wildman–Crippen MR) is 54.6 cm³/mol. The average molecular weight is 203 g/mol. The molecule has 2 heterocycles. The van der Waals surface area contributed by atoms with Crippen LogP contribution in [0.2, 0.25) is 0 Å². The number of aromatic amines is 2. The van der Waals surface area contributed by atoms with Gasteiger partial charge in [-0.1, -0.05) is 6.07 Å². The van der Waals surface area contributed by atoms with E-state index in [1.165, 1.54) is 0 Å². The highest BCUT2D eigenvalue weighted by Gasteiger charge is 2.03. The van der Waals surface area contributed by atoms with Gasteiger partial charge in [-0.15, -0.1) is 10.2 Å². The Hall–Kier alpha value is -2.24. The molecule has 0 aliphatic rings. The highest BCUT2D eigenvalue weighted by atomic mass is 16.1. The molecule has 2 rings (SSSR count). The first-order chi connectivity index (χ1) is 7.27. The molecule has 6 heteroatoms. The molecule has 0 amide bonds. The number of aromatic nitrogens is 3. The van der Waals surface area contributed by atoms with Gasteiger partial charge in [-0.25, -0.2) is 4.98 Å². The minimum atomic E-state index is -0.285. The number of hydrogen-bond donors (Lipinski definition) is 2. The number of pyridine rings is 1. The van der Waals surface area contributed by atoms with Gasteiger partial charge in [-0.2, -0.15) is 0 Å². The minimum absolute atomic E-state index is 0.278. The van der Waals surface area contributed by atoms with Crippen molar-refractivity contribution in [3.8, 4) is 0 Å². The van der Waals surface area contributed by atoms with E-state index < -0.39 is 0 Å². The Kier molecular flexibility index (Phi) is 2.40.